The number of hydrogen-bond acceptors (Lipinski definition) is 3. The molecule has 1 saturated heterocycles. The Morgan fingerprint density at radius 3 is 3.10 bits per heavy atom. The summed E-state index contributed by atoms with van der Waals surface area (Å²) in [4.78, 5) is 12.4. The highest BCUT2D eigenvalue weighted by molar-refractivity contribution is 5.95. The van der Waals surface area contributed by atoms with Crippen molar-refractivity contribution in [2.24, 2.45) is 5.92 Å². The van der Waals surface area contributed by atoms with Crippen molar-refractivity contribution >= 4 is 5.91 Å². The van der Waals surface area contributed by atoms with Crippen molar-refractivity contribution in [2.75, 3.05) is 13.2 Å². The third-order valence-corrected chi connectivity index (χ3v) is 4.86. The Labute approximate surface area is 118 Å². The van der Waals surface area contributed by atoms with Crippen molar-refractivity contribution in [1.82, 2.24) is 10.6 Å². The largest absolute Gasteiger partial charge is 0.493 e. The van der Waals surface area contributed by atoms with Crippen LogP contribution < -0.4 is 15.4 Å². The fourth-order valence-electron chi connectivity index (χ4n) is 3.75. The molecule has 0 radical (unpaired) electrons. The average Bonchev–Trinajstić information content (AvgIpc) is 3.09. The van der Waals surface area contributed by atoms with Crippen LogP contribution in [0.2, 0.25) is 0 Å². The smallest absolute Gasteiger partial charge is 0.251 e. The van der Waals surface area contributed by atoms with E-state index in [2.05, 4.69) is 10.6 Å². The Hall–Kier alpha value is -1.55. The van der Waals surface area contributed by atoms with Gasteiger partial charge in [-0.1, -0.05) is 6.07 Å². The summed E-state index contributed by atoms with van der Waals surface area (Å²) in [7, 11) is 0. The zero-order valence-corrected chi connectivity index (χ0v) is 11.5. The van der Waals surface area contributed by atoms with Gasteiger partial charge in [0.25, 0.3) is 5.91 Å². The monoisotopic (exact) mass is 272 g/mol. The number of aryl methyl sites for hydroxylation is 1. The molecule has 2 N–H and O–H groups in total. The summed E-state index contributed by atoms with van der Waals surface area (Å²) in [5.41, 5.74) is 1.94. The van der Waals surface area contributed by atoms with Gasteiger partial charge in [0.15, 0.2) is 0 Å². The Bertz CT molecular complexity index is 543. The molecule has 2 bridgehead atoms. The van der Waals surface area contributed by atoms with E-state index in [9.17, 15) is 4.79 Å². The van der Waals surface area contributed by atoms with Crippen molar-refractivity contribution in [3.63, 3.8) is 0 Å². The van der Waals surface area contributed by atoms with Crippen molar-refractivity contribution in [1.29, 1.82) is 0 Å². The maximum absolute atomic E-state index is 12.4. The Balaban J connectivity index is 1.48. The first-order valence-electron chi connectivity index (χ1n) is 7.59. The topological polar surface area (TPSA) is 50.4 Å². The van der Waals surface area contributed by atoms with Crippen molar-refractivity contribution in [3.8, 4) is 5.75 Å². The lowest BCUT2D eigenvalue weighted by atomic mass is 10.0. The molecule has 2 heterocycles. The minimum atomic E-state index is 0.0412. The first kappa shape index (κ1) is 12.2. The summed E-state index contributed by atoms with van der Waals surface area (Å²) >= 11 is 0. The molecule has 1 aromatic rings. The number of fused-ring (bicyclic) bond motifs is 3. The van der Waals surface area contributed by atoms with Crippen LogP contribution >= 0.6 is 0 Å². The molecule has 1 saturated carbocycles. The number of piperidine rings is 1. The molecule has 20 heavy (non-hydrogen) atoms. The lowest BCUT2D eigenvalue weighted by molar-refractivity contribution is 0.0924. The number of ether oxygens (including phenoxy) is 1. The SMILES string of the molecule is O=C(NC1CC2CC1CN2)c1ccc2c(c1)OCCC2. The summed E-state index contributed by atoms with van der Waals surface area (Å²) in [6, 6.07) is 6.80. The normalized spacial score (nSPS) is 30.7. The zero-order valence-electron chi connectivity index (χ0n) is 11.5. The zero-order chi connectivity index (χ0) is 13.5. The van der Waals surface area contributed by atoms with Crippen LogP contribution in [0.1, 0.15) is 35.2 Å². The second-order valence-electron chi connectivity index (χ2n) is 6.19. The molecule has 3 unspecified atom stereocenters. The maximum Gasteiger partial charge on any atom is 0.251 e. The number of carbonyl (C=O) groups excluding carboxylic acids is 1. The van der Waals surface area contributed by atoms with E-state index in [4.69, 9.17) is 4.74 Å². The second kappa shape index (κ2) is 4.77. The maximum atomic E-state index is 12.4. The van der Waals surface area contributed by atoms with Gasteiger partial charge in [-0.25, -0.2) is 0 Å². The van der Waals surface area contributed by atoms with Crippen molar-refractivity contribution < 1.29 is 9.53 Å². The number of rotatable bonds is 2. The Morgan fingerprint density at radius 2 is 2.30 bits per heavy atom. The quantitative estimate of drug-likeness (QED) is 0.857. The summed E-state index contributed by atoms with van der Waals surface area (Å²) in [6.07, 6.45) is 4.39. The molecule has 1 amide bonds. The number of amides is 1. The van der Waals surface area contributed by atoms with Gasteiger partial charge in [0.2, 0.25) is 0 Å². The molecule has 4 heteroatoms. The van der Waals surface area contributed by atoms with Gasteiger partial charge < -0.3 is 15.4 Å². The molecule has 0 spiro atoms. The molecule has 3 atom stereocenters. The number of nitrogens with one attached hydrogen (secondary N) is 2. The van der Waals surface area contributed by atoms with Crippen molar-refractivity contribution in [2.45, 2.75) is 37.8 Å². The summed E-state index contributed by atoms with van der Waals surface area (Å²) in [5.74, 6) is 1.54. The van der Waals surface area contributed by atoms with E-state index in [1.807, 2.05) is 18.2 Å². The molecular weight excluding hydrogens is 252 g/mol. The summed E-state index contributed by atoms with van der Waals surface area (Å²) < 4.78 is 5.64. The van der Waals surface area contributed by atoms with Gasteiger partial charge in [-0.3, -0.25) is 4.79 Å². The highest BCUT2D eigenvalue weighted by Crippen LogP contribution is 2.31. The standard InChI is InChI=1S/C16H20N2O2/c19-16(18-14-8-13-6-12(14)9-17-13)11-4-3-10-2-1-5-20-15(10)7-11/h3-4,7,12-14,17H,1-2,5-6,8-9H2,(H,18,19). The van der Waals surface area contributed by atoms with Crippen LogP contribution in [0.15, 0.2) is 18.2 Å². The van der Waals surface area contributed by atoms with E-state index < -0.39 is 0 Å². The van der Waals surface area contributed by atoms with Crippen LogP contribution in [0.3, 0.4) is 0 Å². The molecule has 0 aromatic heterocycles. The van der Waals surface area contributed by atoms with Gasteiger partial charge in [-0.05, 0) is 49.3 Å². The molecule has 4 nitrogen and oxygen atoms in total. The molecular formula is C16H20N2O2. The summed E-state index contributed by atoms with van der Waals surface area (Å²) in [6.45, 7) is 1.80. The second-order valence-corrected chi connectivity index (χ2v) is 6.19. The van der Waals surface area contributed by atoms with Crippen LogP contribution in [0, 0.1) is 5.92 Å². The van der Waals surface area contributed by atoms with E-state index in [-0.39, 0.29) is 5.91 Å². The van der Waals surface area contributed by atoms with Gasteiger partial charge in [-0.2, -0.15) is 0 Å². The minimum Gasteiger partial charge on any atom is -0.493 e. The molecule has 2 fully saturated rings. The van der Waals surface area contributed by atoms with E-state index in [1.54, 1.807) is 0 Å². The predicted octanol–water partition coefficient (Wildman–Crippen LogP) is 1.49. The third-order valence-electron chi connectivity index (χ3n) is 4.86. The lowest BCUT2D eigenvalue weighted by Gasteiger charge is -2.24. The van der Waals surface area contributed by atoms with Crippen LogP contribution in [0.4, 0.5) is 0 Å². The van der Waals surface area contributed by atoms with E-state index >= 15 is 0 Å². The number of benzene rings is 1. The predicted molar refractivity (Wildman–Crippen MR) is 76.0 cm³/mol. The minimum absolute atomic E-state index is 0.0412. The van der Waals surface area contributed by atoms with E-state index in [0.717, 1.165) is 43.7 Å². The first-order valence-corrected chi connectivity index (χ1v) is 7.59. The molecule has 1 aliphatic carbocycles. The van der Waals surface area contributed by atoms with Gasteiger partial charge >= 0.3 is 0 Å². The molecule has 2 aliphatic heterocycles. The fraction of sp³-hybridized carbons (Fsp3) is 0.562. The van der Waals surface area contributed by atoms with E-state index in [1.165, 1.54) is 12.0 Å². The average molecular weight is 272 g/mol. The van der Waals surface area contributed by atoms with Gasteiger partial charge in [0.05, 0.1) is 6.61 Å². The number of carbonyl (C=O) groups is 1. The molecule has 1 aromatic carbocycles. The van der Waals surface area contributed by atoms with Gasteiger partial charge in [-0.15, -0.1) is 0 Å². The van der Waals surface area contributed by atoms with Crippen molar-refractivity contribution in [3.05, 3.63) is 29.3 Å². The molecule has 3 aliphatic rings. The van der Waals surface area contributed by atoms with Crippen LogP contribution in [-0.4, -0.2) is 31.1 Å². The van der Waals surface area contributed by atoms with Crippen LogP contribution in [0.5, 0.6) is 5.75 Å². The molecule has 4 rings (SSSR count). The lowest BCUT2D eigenvalue weighted by Crippen LogP contribution is -2.44. The van der Waals surface area contributed by atoms with Gasteiger partial charge in [0.1, 0.15) is 5.75 Å². The fourth-order valence-corrected chi connectivity index (χ4v) is 3.75. The Kier molecular flexibility index (Phi) is 2.91. The third kappa shape index (κ3) is 2.08. The van der Waals surface area contributed by atoms with Gasteiger partial charge in [0, 0.05) is 24.2 Å². The molecule has 106 valence electrons. The van der Waals surface area contributed by atoms with Crippen LogP contribution in [-0.2, 0) is 6.42 Å². The van der Waals surface area contributed by atoms with Crippen LogP contribution in [0.25, 0.3) is 0 Å². The first-order chi connectivity index (χ1) is 9.79. The highest BCUT2D eigenvalue weighted by atomic mass is 16.5. The number of hydrogen-bond donors (Lipinski definition) is 2. The summed E-state index contributed by atoms with van der Waals surface area (Å²) in [5, 5.41) is 6.67. The highest BCUT2D eigenvalue weighted by Gasteiger charge is 2.40. The Morgan fingerprint density at radius 1 is 1.35 bits per heavy atom. The van der Waals surface area contributed by atoms with E-state index in [0.29, 0.717) is 18.0 Å².